The first kappa shape index (κ1) is 11.8. The highest BCUT2D eigenvalue weighted by molar-refractivity contribution is 6.00. The van der Waals surface area contributed by atoms with Crippen molar-refractivity contribution in [1.82, 2.24) is 0 Å². The summed E-state index contributed by atoms with van der Waals surface area (Å²) in [7, 11) is 0. The summed E-state index contributed by atoms with van der Waals surface area (Å²) in [4.78, 5) is 11.9. The molecule has 1 rings (SSSR count). The van der Waals surface area contributed by atoms with Crippen molar-refractivity contribution in [1.29, 1.82) is 0 Å². The molecule has 82 valence electrons. The lowest BCUT2D eigenvalue weighted by Crippen LogP contribution is -2.36. The number of hydrogen-bond donors (Lipinski definition) is 0. The van der Waals surface area contributed by atoms with Gasteiger partial charge in [-0.05, 0) is 32.4 Å². The molecule has 1 unspecified atom stereocenters. The van der Waals surface area contributed by atoms with E-state index in [-0.39, 0.29) is 11.4 Å². The van der Waals surface area contributed by atoms with Crippen molar-refractivity contribution in [2.24, 2.45) is 0 Å². The summed E-state index contributed by atoms with van der Waals surface area (Å²) >= 11 is 0. The van der Waals surface area contributed by atoms with E-state index in [0.29, 0.717) is 17.8 Å². The first-order valence-electron chi connectivity index (χ1n) is 5.28. The van der Waals surface area contributed by atoms with Crippen LogP contribution in [0.2, 0.25) is 0 Å². The number of carbonyl (C=O) groups is 1. The van der Waals surface area contributed by atoms with Gasteiger partial charge in [0.1, 0.15) is 11.4 Å². The van der Waals surface area contributed by atoms with Crippen LogP contribution in [0, 0.1) is 0 Å². The van der Waals surface area contributed by atoms with Gasteiger partial charge in [-0.3, -0.25) is 4.79 Å². The molecule has 0 aliphatic carbocycles. The van der Waals surface area contributed by atoms with E-state index in [4.69, 9.17) is 4.74 Å². The lowest BCUT2D eigenvalue weighted by molar-refractivity contribution is -0.124. The first-order chi connectivity index (χ1) is 7.06. The number of ketones is 1. The first-order valence-corrected chi connectivity index (χ1v) is 5.28. The molecule has 0 aromatic carbocycles. The Morgan fingerprint density at radius 1 is 1.60 bits per heavy atom. The second kappa shape index (κ2) is 4.47. The van der Waals surface area contributed by atoms with Crippen molar-refractivity contribution >= 4 is 5.78 Å². The van der Waals surface area contributed by atoms with E-state index < -0.39 is 0 Å². The Labute approximate surface area is 91.3 Å². The van der Waals surface area contributed by atoms with Crippen molar-refractivity contribution in [3.8, 4) is 0 Å². The van der Waals surface area contributed by atoms with Crippen molar-refractivity contribution in [2.45, 2.75) is 39.2 Å². The highest BCUT2D eigenvalue weighted by Gasteiger charge is 2.36. The van der Waals surface area contributed by atoms with Gasteiger partial charge in [-0.2, -0.15) is 0 Å². The number of Topliss-reactive ketones (excluding diaryl/α,β-unsaturated/α-hetero) is 1. The van der Waals surface area contributed by atoms with Crippen LogP contribution in [0.3, 0.4) is 0 Å². The molecule has 1 heterocycles. The van der Waals surface area contributed by atoms with Gasteiger partial charge in [-0.25, -0.2) is 0 Å². The SMILES string of the molecule is C=C/C=C1/C(=O)CC(C)(CC)O/C1=C/C. The zero-order valence-corrected chi connectivity index (χ0v) is 9.67. The third-order valence-electron chi connectivity index (χ3n) is 2.75. The van der Waals surface area contributed by atoms with Gasteiger partial charge in [0.25, 0.3) is 0 Å². The molecule has 1 aliphatic rings. The molecule has 2 heteroatoms. The molecular formula is C13H18O2. The third-order valence-corrected chi connectivity index (χ3v) is 2.75. The second-order valence-corrected chi connectivity index (χ2v) is 3.97. The van der Waals surface area contributed by atoms with Crippen LogP contribution in [0.25, 0.3) is 0 Å². The molecule has 1 saturated heterocycles. The molecular weight excluding hydrogens is 188 g/mol. The van der Waals surface area contributed by atoms with Crippen LogP contribution in [0.15, 0.2) is 36.1 Å². The fourth-order valence-electron chi connectivity index (χ4n) is 1.63. The van der Waals surface area contributed by atoms with Crippen LogP contribution in [0.4, 0.5) is 0 Å². The average Bonchev–Trinajstić information content (AvgIpc) is 2.22. The van der Waals surface area contributed by atoms with Crippen LogP contribution < -0.4 is 0 Å². The molecule has 1 fully saturated rings. The minimum absolute atomic E-state index is 0.138. The standard InChI is InChI=1S/C13H18O2/c1-5-8-10-11(14)9-13(4,7-3)15-12(10)6-2/h5-6,8H,1,7,9H2,2-4H3/b10-8-,12-6+. The molecule has 0 bridgehead atoms. The average molecular weight is 206 g/mol. The molecule has 0 saturated carbocycles. The molecule has 1 aliphatic heterocycles. The quantitative estimate of drug-likeness (QED) is 0.649. The predicted molar refractivity (Wildman–Crippen MR) is 61.4 cm³/mol. The van der Waals surface area contributed by atoms with E-state index >= 15 is 0 Å². The molecule has 2 nitrogen and oxygen atoms in total. The summed E-state index contributed by atoms with van der Waals surface area (Å²) in [5.41, 5.74) is 0.288. The Balaban J connectivity index is 3.06. The van der Waals surface area contributed by atoms with E-state index in [2.05, 4.69) is 6.58 Å². The highest BCUT2D eigenvalue weighted by Crippen LogP contribution is 2.34. The molecule has 15 heavy (non-hydrogen) atoms. The van der Waals surface area contributed by atoms with E-state index in [0.717, 1.165) is 6.42 Å². The minimum Gasteiger partial charge on any atom is -0.487 e. The number of carbonyl (C=O) groups excluding carboxylic acids is 1. The largest absolute Gasteiger partial charge is 0.487 e. The monoisotopic (exact) mass is 206 g/mol. The van der Waals surface area contributed by atoms with Crippen LogP contribution >= 0.6 is 0 Å². The lowest BCUT2D eigenvalue weighted by atomic mass is 9.88. The minimum atomic E-state index is -0.350. The Bertz CT molecular complexity index is 336. The molecule has 0 radical (unpaired) electrons. The van der Waals surface area contributed by atoms with E-state index in [9.17, 15) is 4.79 Å². The number of ether oxygens (including phenoxy) is 1. The number of rotatable bonds is 2. The van der Waals surface area contributed by atoms with Gasteiger partial charge in [0.2, 0.25) is 0 Å². The normalized spacial score (nSPS) is 31.8. The van der Waals surface area contributed by atoms with Gasteiger partial charge < -0.3 is 4.74 Å². The van der Waals surface area contributed by atoms with Crippen molar-refractivity contribution in [3.05, 3.63) is 36.1 Å². The molecule has 0 spiro atoms. The maximum absolute atomic E-state index is 11.9. The molecule has 0 aromatic rings. The Kier molecular flexibility index (Phi) is 3.51. The van der Waals surface area contributed by atoms with E-state index in [1.54, 1.807) is 12.2 Å². The lowest BCUT2D eigenvalue weighted by Gasteiger charge is -2.35. The van der Waals surface area contributed by atoms with Gasteiger partial charge in [-0.1, -0.05) is 19.6 Å². The van der Waals surface area contributed by atoms with Gasteiger partial charge >= 0.3 is 0 Å². The summed E-state index contributed by atoms with van der Waals surface area (Å²) in [5, 5.41) is 0. The number of hydrogen-bond acceptors (Lipinski definition) is 2. The predicted octanol–water partition coefficient (Wildman–Crippen LogP) is 3.16. The molecule has 1 atom stereocenters. The smallest absolute Gasteiger partial charge is 0.170 e. The summed E-state index contributed by atoms with van der Waals surface area (Å²) in [5.74, 6) is 0.814. The summed E-state index contributed by atoms with van der Waals surface area (Å²) in [6.07, 6.45) is 6.44. The van der Waals surface area contributed by atoms with E-state index in [1.165, 1.54) is 0 Å². The zero-order chi connectivity index (χ0) is 11.5. The fraction of sp³-hybridized carbons (Fsp3) is 0.462. The number of allylic oxidation sites excluding steroid dienone is 4. The Morgan fingerprint density at radius 2 is 2.27 bits per heavy atom. The molecule has 0 aromatic heterocycles. The summed E-state index contributed by atoms with van der Waals surface area (Å²) < 4.78 is 5.83. The van der Waals surface area contributed by atoms with Crippen LogP contribution in [-0.2, 0) is 9.53 Å². The highest BCUT2D eigenvalue weighted by atomic mass is 16.5. The van der Waals surface area contributed by atoms with Crippen LogP contribution in [0.1, 0.15) is 33.6 Å². The zero-order valence-electron chi connectivity index (χ0n) is 9.67. The van der Waals surface area contributed by atoms with Gasteiger partial charge in [-0.15, -0.1) is 0 Å². The Hall–Kier alpha value is -1.31. The third kappa shape index (κ3) is 2.38. The van der Waals surface area contributed by atoms with Gasteiger partial charge in [0.05, 0.1) is 12.0 Å². The summed E-state index contributed by atoms with van der Waals surface area (Å²) in [6.45, 7) is 9.48. The molecule has 0 N–H and O–H groups in total. The fourth-order valence-corrected chi connectivity index (χ4v) is 1.63. The van der Waals surface area contributed by atoms with Crippen molar-refractivity contribution in [3.63, 3.8) is 0 Å². The van der Waals surface area contributed by atoms with Gasteiger partial charge in [0.15, 0.2) is 5.78 Å². The molecule has 0 amide bonds. The van der Waals surface area contributed by atoms with Crippen molar-refractivity contribution < 1.29 is 9.53 Å². The Morgan fingerprint density at radius 3 is 2.73 bits per heavy atom. The van der Waals surface area contributed by atoms with Crippen LogP contribution in [0.5, 0.6) is 0 Å². The van der Waals surface area contributed by atoms with Crippen LogP contribution in [-0.4, -0.2) is 11.4 Å². The van der Waals surface area contributed by atoms with E-state index in [1.807, 2.05) is 26.8 Å². The maximum atomic E-state index is 11.9. The topological polar surface area (TPSA) is 26.3 Å². The van der Waals surface area contributed by atoms with Crippen molar-refractivity contribution in [2.75, 3.05) is 0 Å². The summed E-state index contributed by atoms with van der Waals surface area (Å²) in [6, 6.07) is 0. The van der Waals surface area contributed by atoms with Gasteiger partial charge in [0, 0.05) is 0 Å². The second-order valence-electron chi connectivity index (χ2n) is 3.97. The maximum Gasteiger partial charge on any atom is 0.170 e.